The van der Waals surface area contributed by atoms with Crippen molar-refractivity contribution in [1.29, 1.82) is 0 Å². The van der Waals surface area contributed by atoms with Crippen molar-refractivity contribution in [3.63, 3.8) is 0 Å². The van der Waals surface area contributed by atoms with Crippen LogP contribution >= 0.6 is 0 Å². The summed E-state index contributed by atoms with van der Waals surface area (Å²) in [7, 11) is 0. The second-order valence-electron chi connectivity index (χ2n) is 0.469. The van der Waals surface area contributed by atoms with E-state index >= 15 is 0 Å². The van der Waals surface area contributed by atoms with Crippen LogP contribution in [0.4, 0.5) is 0 Å². The monoisotopic (exact) mass is 202 g/mol. The van der Waals surface area contributed by atoms with Crippen LogP contribution in [0.3, 0.4) is 0 Å². The summed E-state index contributed by atoms with van der Waals surface area (Å²) in [5.41, 5.74) is 0. The molecule has 36 valence electrons. The third-order valence-electron chi connectivity index (χ3n) is 0.192. The molecule has 0 aliphatic heterocycles. The Hall–Kier alpha value is 0.851. The van der Waals surface area contributed by atoms with Gasteiger partial charge in [0.2, 0.25) is 0 Å². The van der Waals surface area contributed by atoms with Gasteiger partial charge in [-0.15, -0.1) is 0 Å². The molecule has 0 heterocycles. The Labute approximate surface area is 78.1 Å². The van der Waals surface area contributed by atoms with Crippen LogP contribution in [-0.2, 0) is 4.74 Å². The maximum Gasteiger partial charge on any atom is 0.0829 e. The largest absolute Gasteiger partial charge is 0.474 e. The summed E-state index contributed by atoms with van der Waals surface area (Å²) in [4.78, 5) is 0. The molecule has 0 unspecified atom stereocenters. The van der Waals surface area contributed by atoms with E-state index in [0.29, 0.717) is 0 Å². The van der Waals surface area contributed by atoms with Crippen LogP contribution in [-0.4, -0.2) is 0 Å². The molecule has 0 aliphatic rings. The molecule has 0 aromatic carbocycles. The van der Waals surface area contributed by atoms with Crippen LogP contribution in [0.1, 0.15) is 0 Å². The van der Waals surface area contributed by atoms with E-state index in [2.05, 4.69) is 17.9 Å². The molecule has 0 aliphatic carbocycles. The molecule has 0 bridgehead atoms. The van der Waals surface area contributed by atoms with Gasteiger partial charge < -0.3 is 4.74 Å². The van der Waals surface area contributed by atoms with Crippen LogP contribution in [0.25, 0.3) is 0 Å². The standard InChI is InChI=1S/C4H6O.Xe/c1-3-5-4-2;/h3-4H,1-2H2;. The van der Waals surface area contributed by atoms with Gasteiger partial charge in [-0.25, -0.2) is 0 Å². The summed E-state index contributed by atoms with van der Waals surface area (Å²) in [6.07, 6.45) is 2.62. The van der Waals surface area contributed by atoms with Gasteiger partial charge in [-0.1, -0.05) is 13.2 Å². The molecule has 0 fully saturated rings. The molecule has 0 rings (SSSR count). The Morgan fingerprint density at radius 2 is 1.50 bits per heavy atom. The molecule has 0 aromatic heterocycles. The molecular formula is C4H6OXe. The number of ether oxygens (including phenoxy) is 1. The molecule has 0 saturated carbocycles. The van der Waals surface area contributed by atoms with E-state index in [-0.39, 0.29) is 48.9 Å². The summed E-state index contributed by atoms with van der Waals surface area (Å²) in [5.74, 6) is 0. The van der Waals surface area contributed by atoms with E-state index in [4.69, 9.17) is 0 Å². The molecule has 0 amide bonds. The molecule has 0 atom stereocenters. The minimum absolute atomic E-state index is 0. The molecule has 1 nitrogen and oxygen atoms in total. The Kier molecular flexibility index (Phi) is 15.4. The van der Waals surface area contributed by atoms with Crippen molar-refractivity contribution in [3.05, 3.63) is 25.7 Å². The van der Waals surface area contributed by atoms with Crippen molar-refractivity contribution >= 4 is 0 Å². The normalized spacial score (nSPS) is 4.67. The van der Waals surface area contributed by atoms with Gasteiger partial charge >= 0.3 is 0 Å². The topological polar surface area (TPSA) is 9.23 Å². The molecule has 2 heteroatoms. The van der Waals surface area contributed by atoms with Gasteiger partial charge in [0.25, 0.3) is 0 Å². The van der Waals surface area contributed by atoms with Crippen molar-refractivity contribution in [2.45, 2.75) is 0 Å². The fraction of sp³-hybridized carbons (Fsp3) is 0. The summed E-state index contributed by atoms with van der Waals surface area (Å²) in [6.45, 7) is 6.51. The predicted molar refractivity (Wildman–Crippen MR) is 21.5 cm³/mol. The molecule has 0 N–H and O–H groups in total. The predicted octanol–water partition coefficient (Wildman–Crippen LogP) is 1.29. The van der Waals surface area contributed by atoms with E-state index in [9.17, 15) is 0 Å². The molecule has 0 radical (unpaired) electrons. The maximum atomic E-state index is 4.36. The Morgan fingerprint density at radius 1 is 1.17 bits per heavy atom. The fourth-order valence-electron chi connectivity index (χ4n) is 0.0680. The molecule has 0 aromatic rings. The van der Waals surface area contributed by atoms with Gasteiger partial charge in [0, 0.05) is 48.9 Å². The first-order chi connectivity index (χ1) is 2.41. The third-order valence-corrected chi connectivity index (χ3v) is 0.192. The Morgan fingerprint density at radius 3 is 1.50 bits per heavy atom. The van der Waals surface area contributed by atoms with Gasteiger partial charge in [0.15, 0.2) is 0 Å². The number of rotatable bonds is 2. The molecular weight excluding hydrogens is 195 g/mol. The van der Waals surface area contributed by atoms with Crippen LogP contribution in [0.15, 0.2) is 25.7 Å². The van der Waals surface area contributed by atoms with Crippen molar-refractivity contribution < 1.29 is 53.6 Å². The van der Waals surface area contributed by atoms with E-state index in [1.807, 2.05) is 0 Å². The van der Waals surface area contributed by atoms with Gasteiger partial charge in [0.05, 0.1) is 12.5 Å². The average Bonchev–Trinajstić information content (AvgIpc) is 1.41. The van der Waals surface area contributed by atoms with Crippen molar-refractivity contribution in [3.8, 4) is 0 Å². The third kappa shape index (κ3) is 8.85. The number of hydrogen-bond donors (Lipinski definition) is 0. The first-order valence-electron chi connectivity index (χ1n) is 1.29. The summed E-state index contributed by atoms with van der Waals surface area (Å²) >= 11 is 0. The van der Waals surface area contributed by atoms with Crippen molar-refractivity contribution in [1.82, 2.24) is 0 Å². The molecule has 6 heavy (non-hydrogen) atoms. The van der Waals surface area contributed by atoms with Gasteiger partial charge in [0.1, 0.15) is 0 Å². The van der Waals surface area contributed by atoms with Gasteiger partial charge in [-0.3, -0.25) is 0 Å². The maximum absolute atomic E-state index is 4.36. The van der Waals surface area contributed by atoms with Gasteiger partial charge in [-0.05, 0) is 0 Å². The summed E-state index contributed by atoms with van der Waals surface area (Å²) < 4.78 is 4.36. The summed E-state index contributed by atoms with van der Waals surface area (Å²) in [6, 6.07) is 0. The smallest absolute Gasteiger partial charge is 0.0829 e. The first kappa shape index (κ1) is 9.97. The van der Waals surface area contributed by atoms with Crippen molar-refractivity contribution in [2.24, 2.45) is 0 Å². The number of hydrogen-bond acceptors (Lipinski definition) is 1. The van der Waals surface area contributed by atoms with Crippen molar-refractivity contribution in [2.75, 3.05) is 0 Å². The van der Waals surface area contributed by atoms with Crippen LogP contribution in [0, 0.1) is 48.9 Å². The SMILES string of the molecule is C=COC=C.[Xe]. The Bertz CT molecular complexity index is 36.8. The zero-order valence-electron chi connectivity index (χ0n) is 3.33. The second-order valence-corrected chi connectivity index (χ2v) is 0.469. The van der Waals surface area contributed by atoms with E-state index in [0.717, 1.165) is 0 Å². The van der Waals surface area contributed by atoms with E-state index in [1.165, 1.54) is 12.5 Å². The quantitative estimate of drug-likeness (QED) is 0.612. The fourth-order valence-corrected chi connectivity index (χ4v) is 0.0680. The van der Waals surface area contributed by atoms with Gasteiger partial charge in [-0.2, -0.15) is 0 Å². The minimum atomic E-state index is 0. The van der Waals surface area contributed by atoms with E-state index < -0.39 is 0 Å². The first-order valence-corrected chi connectivity index (χ1v) is 1.29. The minimum Gasteiger partial charge on any atom is -0.474 e. The van der Waals surface area contributed by atoms with Crippen LogP contribution in [0.5, 0.6) is 0 Å². The molecule has 0 saturated heterocycles. The average molecular weight is 201 g/mol. The van der Waals surface area contributed by atoms with Crippen LogP contribution < -0.4 is 0 Å². The zero-order valence-corrected chi connectivity index (χ0v) is 5.35. The van der Waals surface area contributed by atoms with Crippen LogP contribution in [0.2, 0.25) is 0 Å². The second kappa shape index (κ2) is 9.28. The summed E-state index contributed by atoms with van der Waals surface area (Å²) in [5, 5.41) is 0. The zero-order chi connectivity index (χ0) is 4.12. The Balaban J connectivity index is 0. The van der Waals surface area contributed by atoms with E-state index in [1.54, 1.807) is 0 Å². The molecule has 0 spiro atoms.